The summed E-state index contributed by atoms with van der Waals surface area (Å²) in [5.41, 5.74) is 7.78. The first-order chi connectivity index (χ1) is 16.5. The Hall–Kier alpha value is -3.88. The normalized spacial score (nSPS) is 15.2. The summed E-state index contributed by atoms with van der Waals surface area (Å²) < 4.78 is 5.35. The molecule has 0 radical (unpaired) electrons. The van der Waals surface area contributed by atoms with Gasteiger partial charge in [-0.2, -0.15) is 0 Å². The number of pyridine rings is 1. The Morgan fingerprint density at radius 3 is 2.79 bits per heavy atom. The molecule has 2 amide bonds. The van der Waals surface area contributed by atoms with Crippen molar-refractivity contribution in [1.82, 2.24) is 15.6 Å². The van der Waals surface area contributed by atoms with Gasteiger partial charge in [-0.3, -0.25) is 19.6 Å². The maximum Gasteiger partial charge on any atom is 0.252 e. The summed E-state index contributed by atoms with van der Waals surface area (Å²) in [6.07, 6.45) is 11.0. The highest BCUT2D eigenvalue weighted by Gasteiger charge is 2.27. The molecule has 1 aromatic carbocycles. The molecule has 2 aromatic rings. The third-order valence-corrected chi connectivity index (χ3v) is 5.79. The van der Waals surface area contributed by atoms with Crippen molar-refractivity contribution in [2.24, 2.45) is 16.6 Å². The fourth-order valence-corrected chi connectivity index (χ4v) is 4.09. The molecule has 180 valence electrons. The number of carbonyl (C=O) groups is 2. The van der Waals surface area contributed by atoms with Crippen LogP contribution in [0.1, 0.15) is 42.5 Å². The van der Waals surface area contributed by atoms with Crippen molar-refractivity contribution >= 4 is 29.4 Å². The van der Waals surface area contributed by atoms with Crippen molar-refractivity contribution in [2.75, 3.05) is 19.5 Å². The van der Waals surface area contributed by atoms with E-state index in [0.29, 0.717) is 40.7 Å². The number of nitrogens with two attached hydrogens (primary N) is 1. The number of amides is 2. The zero-order chi connectivity index (χ0) is 24.3. The van der Waals surface area contributed by atoms with Gasteiger partial charge in [-0.25, -0.2) is 0 Å². The lowest BCUT2D eigenvalue weighted by Crippen LogP contribution is -2.47. The van der Waals surface area contributed by atoms with Crippen molar-refractivity contribution in [3.8, 4) is 5.75 Å². The van der Waals surface area contributed by atoms with Gasteiger partial charge in [-0.15, -0.1) is 0 Å². The Balaban J connectivity index is 1.74. The van der Waals surface area contributed by atoms with Crippen LogP contribution in [-0.4, -0.2) is 43.2 Å². The molecule has 0 spiro atoms. The Bertz CT molecular complexity index is 1050. The summed E-state index contributed by atoms with van der Waals surface area (Å²) >= 11 is 0. The number of nitrogens with zero attached hydrogens (tertiary/aromatic N) is 2. The first-order valence-corrected chi connectivity index (χ1v) is 11.3. The molecule has 34 heavy (non-hydrogen) atoms. The van der Waals surface area contributed by atoms with E-state index in [2.05, 4.69) is 25.9 Å². The number of anilines is 2. The van der Waals surface area contributed by atoms with Gasteiger partial charge >= 0.3 is 0 Å². The lowest BCUT2D eigenvalue weighted by Gasteiger charge is -2.22. The van der Waals surface area contributed by atoms with Crippen LogP contribution >= 0.6 is 0 Å². The molecule has 9 nitrogen and oxygen atoms in total. The van der Waals surface area contributed by atoms with Gasteiger partial charge in [-0.1, -0.05) is 31.7 Å². The maximum atomic E-state index is 13.1. The molecule has 1 atom stereocenters. The molecule has 0 saturated heterocycles. The molecule has 1 heterocycles. The van der Waals surface area contributed by atoms with Gasteiger partial charge in [0.05, 0.1) is 24.7 Å². The zero-order valence-corrected chi connectivity index (χ0v) is 19.6. The first-order valence-electron chi connectivity index (χ1n) is 11.3. The molecular weight excluding hydrogens is 432 g/mol. The second-order valence-corrected chi connectivity index (χ2v) is 8.19. The summed E-state index contributed by atoms with van der Waals surface area (Å²) in [5.74, 6) is 0.387. The number of hydrogen-bond acceptors (Lipinski definition) is 7. The number of methoxy groups -OCH3 is 1. The number of ether oxygens (including phenoxy) is 1. The van der Waals surface area contributed by atoms with Crippen molar-refractivity contribution in [3.05, 3.63) is 60.2 Å². The minimum absolute atomic E-state index is 0.314. The molecule has 1 aliphatic rings. The van der Waals surface area contributed by atoms with E-state index in [1.807, 2.05) is 6.07 Å². The number of nitrogens with one attached hydrogen (secondary N) is 3. The molecule has 1 unspecified atom stereocenters. The number of carbonyl (C=O) groups excluding carboxylic acids is 2. The molecule has 1 aliphatic carbocycles. The second kappa shape index (κ2) is 12.4. The molecule has 0 bridgehead atoms. The summed E-state index contributed by atoms with van der Waals surface area (Å²) in [7, 11) is 3.17. The predicted octanol–water partition coefficient (Wildman–Crippen LogP) is 3.13. The van der Waals surface area contributed by atoms with E-state index >= 15 is 0 Å². The summed E-state index contributed by atoms with van der Waals surface area (Å²) in [6.45, 7) is 0. The molecule has 9 heteroatoms. The summed E-state index contributed by atoms with van der Waals surface area (Å²) in [4.78, 5) is 34.1. The minimum Gasteiger partial charge on any atom is -0.494 e. The van der Waals surface area contributed by atoms with Crippen LogP contribution in [0.4, 0.5) is 11.4 Å². The van der Waals surface area contributed by atoms with E-state index in [0.717, 1.165) is 25.7 Å². The van der Waals surface area contributed by atoms with Gasteiger partial charge in [-0.05, 0) is 30.5 Å². The monoisotopic (exact) mass is 464 g/mol. The summed E-state index contributed by atoms with van der Waals surface area (Å²) in [5, 5.41) is 8.89. The second-order valence-electron chi connectivity index (χ2n) is 8.19. The van der Waals surface area contributed by atoms with Gasteiger partial charge in [0.25, 0.3) is 5.91 Å². The highest BCUT2D eigenvalue weighted by Crippen LogP contribution is 2.29. The maximum absolute atomic E-state index is 13.1. The Morgan fingerprint density at radius 2 is 2.09 bits per heavy atom. The summed E-state index contributed by atoms with van der Waals surface area (Å²) in [6, 6.07) is 8.11. The van der Waals surface area contributed by atoms with E-state index in [4.69, 9.17) is 10.5 Å². The fourth-order valence-electron chi connectivity index (χ4n) is 4.09. The Kier molecular flexibility index (Phi) is 9.02. The van der Waals surface area contributed by atoms with Gasteiger partial charge < -0.3 is 26.4 Å². The van der Waals surface area contributed by atoms with Crippen LogP contribution in [0.15, 0.2) is 59.6 Å². The van der Waals surface area contributed by atoms with Gasteiger partial charge in [0.1, 0.15) is 11.8 Å². The van der Waals surface area contributed by atoms with E-state index < -0.39 is 6.04 Å². The van der Waals surface area contributed by atoms with Crippen molar-refractivity contribution in [1.29, 1.82) is 0 Å². The van der Waals surface area contributed by atoms with Gasteiger partial charge in [0.2, 0.25) is 5.91 Å². The van der Waals surface area contributed by atoms with Crippen LogP contribution in [0.3, 0.4) is 0 Å². The van der Waals surface area contributed by atoms with Crippen LogP contribution in [0.25, 0.3) is 0 Å². The smallest absolute Gasteiger partial charge is 0.252 e. The lowest BCUT2D eigenvalue weighted by atomic mass is 9.97. The van der Waals surface area contributed by atoms with Crippen LogP contribution < -0.4 is 26.4 Å². The number of hydrogen-bond donors (Lipinski definition) is 4. The largest absolute Gasteiger partial charge is 0.494 e. The number of benzene rings is 1. The number of allylic oxidation sites excluding steroid dienone is 1. The number of aliphatic imine (C=N–C) groups is 1. The van der Waals surface area contributed by atoms with Crippen LogP contribution in [0, 0.1) is 5.92 Å². The highest BCUT2D eigenvalue weighted by molar-refractivity contribution is 5.99. The first kappa shape index (κ1) is 24.8. The van der Waals surface area contributed by atoms with Crippen LogP contribution in [0.5, 0.6) is 5.75 Å². The molecule has 1 aromatic heterocycles. The Labute approximate surface area is 199 Å². The number of aromatic nitrogens is 1. The van der Waals surface area contributed by atoms with E-state index in [-0.39, 0.29) is 11.8 Å². The molecule has 1 fully saturated rings. The molecule has 1 saturated carbocycles. The Morgan fingerprint density at radius 1 is 1.29 bits per heavy atom. The van der Waals surface area contributed by atoms with E-state index in [1.54, 1.807) is 50.8 Å². The SMILES string of the molecule is CN=C/C(=C\N)NC(=O)C(CC1CCCC1)NC(=O)c1cccc(Nc2cnccc2OC)c1. The zero-order valence-electron chi connectivity index (χ0n) is 19.6. The number of rotatable bonds is 10. The van der Waals surface area contributed by atoms with Gasteiger partial charge in [0.15, 0.2) is 0 Å². The van der Waals surface area contributed by atoms with E-state index in [1.165, 1.54) is 12.4 Å². The molecule has 5 N–H and O–H groups in total. The average Bonchev–Trinajstić information content (AvgIpc) is 3.37. The van der Waals surface area contributed by atoms with Crippen LogP contribution in [-0.2, 0) is 4.79 Å². The van der Waals surface area contributed by atoms with Crippen molar-refractivity contribution in [3.63, 3.8) is 0 Å². The lowest BCUT2D eigenvalue weighted by molar-refractivity contribution is -0.122. The fraction of sp³-hybridized carbons (Fsp3) is 0.360. The van der Waals surface area contributed by atoms with Crippen molar-refractivity contribution < 1.29 is 14.3 Å². The molecule has 3 rings (SSSR count). The topological polar surface area (TPSA) is 131 Å². The average molecular weight is 465 g/mol. The van der Waals surface area contributed by atoms with Crippen molar-refractivity contribution in [2.45, 2.75) is 38.1 Å². The standard InChI is InChI=1S/C25H32N6O3/c1-27-15-20(14-26)30-25(33)21(12-17-6-3-4-7-17)31-24(32)18-8-5-9-19(13-18)29-22-16-28-11-10-23(22)34-2/h5,8-11,13-17,21,29H,3-4,6-7,12,26H2,1-2H3,(H,30,33)(H,31,32)/b20-14+,27-15?. The third kappa shape index (κ3) is 6.81. The highest BCUT2D eigenvalue weighted by atomic mass is 16.5. The van der Waals surface area contributed by atoms with Gasteiger partial charge in [0, 0.05) is 43.0 Å². The minimum atomic E-state index is -0.689. The molecule has 0 aliphatic heterocycles. The van der Waals surface area contributed by atoms with E-state index in [9.17, 15) is 9.59 Å². The third-order valence-electron chi connectivity index (χ3n) is 5.79. The quantitative estimate of drug-likeness (QED) is 0.400. The predicted molar refractivity (Wildman–Crippen MR) is 133 cm³/mol. The molecular formula is C25H32N6O3. The van der Waals surface area contributed by atoms with Crippen LogP contribution in [0.2, 0.25) is 0 Å².